The van der Waals surface area contributed by atoms with Crippen LogP contribution in [0.5, 0.6) is 5.75 Å². The van der Waals surface area contributed by atoms with E-state index in [4.69, 9.17) is 9.84 Å². The number of carboxylic acid groups (broad SMARTS) is 1. The number of nitrogens with zero attached hydrogens (tertiary/aromatic N) is 1. The van der Waals surface area contributed by atoms with E-state index in [-0.39, 0.29) is 11.3 Å². The number of rotatable bonds is 6. The van der Waals surface area contributed by atoms with Gasteiger partial charge in [0.1, 0.15) is 5.56 Å². The van der Waals surface area contributed by atoms with Gasteiger partial charge in [0.2, 0.25) is 0 Å². The van der Waals surface area contributed by atoms with Gasteiger partial charge in [-0.2, -0.15) is 0 Å². The van der Waals surface area contributed by atoms with Crippen LogP contribution in [0, 0.1) is 10.1 Å². The highest BCUT2D eigenvalue weighted by atomic mass is 16.6. The zero-order chi connectivity index (χ0) is 12.8. The topological polar surface area (TPSA) is 89.7 Å². The molecule has 0 bridgehead atoms. The summed E-state index contributed by atoms with van der Waals surface area (Å²) in [5.74, 6) is -1.33. The number of carboxylic acids is 1. The molecular formula is C11H13NO5. The third-order valence-corrected chi connectivity index (χ3v) is 2.17. The number of ether oxygens (including phenoxy) is 1. The number of hydrogen-bond acceptors (Lipinski definition) is 4. The van der Waals surface area contributed by atoms with Crippen LogP contribution in [0.25, 0.3) is 0 Å². The first-order chi connectivity index (χ1) is 8.07. The van der Waals surface area contributed by atoms with Gasteiger partial charge in [-0.05, 0) is 18.6 Å². The molecule has 0 fully saturated rings. The van der Waals surface area contributed by atoms with Crippen LogP contribution < -0.4 is 4.74 Å². The van der Waals surface area contributed by atoms with Crippen molar-refractivity contribution in [2.75, 3.05) is 6.61 Å². The Bertz CT molecular complexity index is 430. The number of unbranched alkanes of at least 4 members (excludes halogenated alkanes) is 1. The largest absolute Gasteiger partial charge is 0.487 e. The summed E-state index contributed by atoms with van der Waals surface area (Å²) in [5, 5.41) is 19.7. The van der Waals surface area contributed by atoms with Crippen molar-refractivity contribution in [2.24, 2.45) is 0 Å². The molecule has 0 unspecified atom stereocenters. The van der Waals surface area contributed by atoms with Crippen LogP contribution in [0.4, 0.5) is 5.69 Å². The summed E-state index contributed by atoms with van der Waals surface area (Å²) >= 11 is 0. The minimum absolute atomic E-state index is 0.00310. The first kappa shape index (κ1) is 13.0. The van der Waals surface area contributed by atoms with Gasteiger partial charge in [-0.15, -0.1) is 0 Å². The van der Waals surface area contributed by atoms with Crippen LogP contribution in [0.3, 0.4) is 0 Å². The number of nitro benzene ring substituents is 1. The Balaban J connectivity index is 3.07. The summed E-state index contributed by atoms with van der Waals surface area (Å²) in [6.07, 6.45) is 1.65. The zero-order valence-corrected chi connectivity index (χ0v) is 9.38. The summed E-state index contributed by atoms with van der Waals surface area (Å²) in [6.45, 7) is 2.30. The molecule has 0 aliphatic rings. The molecule has 0 saturated heterocycles. The molecule has 0 atom stereocenters. The summed E-state index contributed by atoms with van der Waals surface area (Å²) in [4.78, 5) is 21.0. The number of hydrogen-bond donors (Lipinski definition) is 1. The molecule has 1 N–H and O–H groups in total. The van der Waals surface area contributed by atoms with Crippen LogP contribution in [0.1, 0.15) is 30.1 Å². The van der Waals surface area contributed by atoms with Gasteiger partial charge in [-0.1, -0.05) is 19.4 Å². The van der Waals surface area contributed by atoms with E-state index in [1.807, 2.05) is 6.92 Å². The summed E-state index contributed by atoms with van der Waals surface area (Å²) < 4.78 is 5.22. The summed E-state index contributed by atoms with van der Waals surface area (Å²) in [7, 11) is 0. The zero-order valence-electron chi connectivity index (χ0n) is 9.38. The highest BCUT2D eigenvalue weighted by Gasteiger charge is 2.25. The van der Waals surface area contributed by atoms with E-state index >= 15 is 0 Å². The van der Waals surface area contributed by atoms with Crippen LogP contribution in [0.15, 0.2) is 18.2 Å². The Labute approximate surface area is 98.0 Å². The number of aromatic carboxylic acids is 1. The average Bonchev–Trinajstić information content (AvgIpc) is 2.28. The normalized spacial score (nSPS) is 9.94. The Morgan fingerprint density at radius 2 is 2.24 bits per heavy atom. The van der Waals surface area contributed by atoms with Crippen LogP contribution >= 0.6 is 0 Å². The van der Waals surface area contributed by atoms with E-state index < -0.39 is 16.6 Å². The van der Waals surface area contributed by atoms with Crippen molar-refractivity contribution in [2.45, 2.75) is 19.8 Å². The molecule has 0 amide bonds. The lowest BCUT2D eigenvalue weighted by Gasteiger charge is -2.07. The summed E-state index contributed by atoms with van der Waals surface area (Å²) in [5.41, 5.74) is -0.847. The van der Waals surface area contributed by atoms with Crippen LogP contribution in [-0.2, 0) is 0 Å². The van der Waals surface area contributed by atoms with Gasteiger partial charge in [-0.25, -0.2) is 4.79 Å². The molecule has 6 heteroatoms. The van der Waals surface area contributed by atoms with E-state index in [2.05, 4.69) is 0 Å². The van der Waals surface area contributed by atoms with Crippen molar-refractivity contribution >= 4 is 11.7 Å². The lowest BCUT2D eigenvalue weighted by molar-refractivity contribution is -0.386. The molecule has 0 aliphatic carbocycles. The molecule has 0 heterocycles. The maximum absolute atomic E-state index is 10.8. The van der Waals surface area contributed by atoms with Crippen LogP contribution in [0.2, 0.25) is 0 Å². The monoisotopic (exact) mass is 239 g/mol. The van der Waals surface area contributed by atoms with E-state index in [9.17, 15) is 14.9 Å². The number of para-hydroxylation sites is 1. The lowest BCUT2D eigenvalue weighted by Crippen LogP contribution is -2.06. The highest BCUT2D eigenvalue weighted by Crippen LogP contribution is 2.30. The maximum Gasteiger partial charge on any atom is 0.342 e. The third kappa shape index (κ3) is 3.17. The van der Waals surface area contributed by atoms with Crippen molar-refractivity contribution in [3.8, 4) is 5.75 Å². The molecule has 6 nitrogen and oxygen atoms in total. The molecule has 17 heavy (non-hydrogen) atoms. The molecule has 0 radical (unpaired) electrons. The number of nitro groups is 1. The van der Waals surface area contributed by atoms with Gasteiger partial charge in [0.05, 0.1) is 11.5 Å². The molecule has 92 valence electrons. The Morgan fingerprint density at radius 1 is 1.53 bits per heavy atom. The predicted octanol–water partition coefficient (Wildman–Crippen LogP) is 2.47. The van der Waals surface area contributed by atoms with Gasteiger partial charge >= 0.3 is 11.7 Å². The highest BCUT2D eigenvalue weighted by molar-refractivity contribution is 5.93. The number of carbonyl (C=O) groups is 1. The summed E-state index contributed by atoms with van der Waals surface area (Å²) in [6, 6.07) is 4.02. The second kappa shape index (κ2) is 5.83. The fourth-order valence-corrected chi connectivity index (χ4v) is 1.33. The predicted molar refractivity (Wildman–Crippen MR) is 60.5 cm³/mol. The first-order valence-electron chi connectivity index (χ1n) is 5.21. The van der Waals surface area contributed by atoms with Crippen molar-refractivity contribution in [3.05, 3.63) is 33.9 Å². The maximum atomic E-state index is 10.8. The fourth-order valence-electron chi connectivity index (χ4n) is 1.33. The molecule has 1 aromatic carbocycles. The second-order valence-electron chi connectivity index (χ2n) is 3.42. The second-order valence-corrected chi connectivity index (χ2v) is 3.42. The van der Waals surface area contributed by atoms with Gasteiger partial charge in [0.15, 0.2) is 5.75 Å². The quantitative estimate of drug-likeness (QED) is 0.468. The van der Waals surface area contributed by atoms with Crippen molar-refractivity contribution in [1.29, 1.82) is 0 Å². The molecule has 0 spiro atoms. The molecule has 0 saturated carbocycles. The Morgan fingerprint density at radius 3 is 2.76 bits per heavy atom. The van der Waals surface area contributed by atoms with Gasteiger partial charge < -0.3 is 9.84 Å². The standard InChI is InChI=1S/C11H13NO5/c1-2-3-7-17-9-6-4-5-8(11(13)14)10(9)12(15)16/h4-6H,2-3,7H2,1H3,(H,13,14). The lowest BCUT2D eigenvalue weighted by atomic mass is 10.1. The van der Waals surface area contributed by atoms with Crippen molar-refractivity contribution < 1.29 is 19.6 Å². The van der Waals surface area contributed by atoms with E-state index in [0.29, 0.717) is 6.61 Å². The van der Waals surface area contributed by atoms with E-state index in [0.717, 1.165) is 12.8 Å². The molecule has 0 aromatic heterocycles. The number of benzene rings is 1. The van der Waals surface area contributed by atoms with E-state index in [1.165, 1.54) is 18.2 Å². The fraction of sp³-hybridized carbons (Fsp3) is 0.364. The molecule has 1 aromatic rings. The Hall–Kier alpha value is -2.11. The van der Waals surface area contributed by atoms with Crippen LogP contribution in [-0.4, -0.2) is 22.6 Å². The molecular weight excluding hydrogens is 226 g/mol. The van der Waals surface area contributed by atoms with Gasteiger partial charge in [0.25, 0.3) is 0 Å². The minimum Gasteiger partial charge on any atom is -0.487 e. The van der Waals surface area contributed by atoms with Crippen molar-refractivity contribution in [1.82, 2.24) is 0 Å². The van der Waals surface area contributed by atoms with Crippen molar-refractivity contribution in [3.63, 3.8) is 0 Å². The third-order valence-electron chi connectivity index (χ3n) is 2.17. The molecule has 1 rings (SSSR count). The minimum atomic E-state index is -1.34. The first-order valence-corrected chi connectivity index (χ1v) is 5.21. The molecule has 0 aliphatic heterocycles. The van der Waals surface area contributed by atoms with E-state index in [1.54, 1.807) is 0 Å². The van der Waals surface area contributed by atoms with Gasteiger partial charge in [-0.3, -0.25) is 10.1 Å². The Kier molecular flexibility index (Phi) is 4.45. The average molecular weight is 239 g/mol. The smallest absolute Gasteiger partial charge is 0.342 e. The SMILES string of the molecule is CCCCOc1cccc(C(=O)O)c1[N+](=O)[O-]. The van der Waals surface area contributed by atoms with Gasteiger partial charge in [0, 0.05) is 0 Å².